The van der Waals surface area contributed by atoms with Crippen LogP contribution in [0.2, 0.25) is 5.02 Å². The van der Waals surface area contributed by atoms with Gasteiger partial charge in [0.2, 0.25) is 0 Å². The fourth-order valence-electron chi connectivity index (χ4n) is 1.12. The molecule has 0 amide bonds. The average molecular weight is 224 g/mol. The second kappa shape index (κ2) is 5.38. The molecule has 0 aliphatic rings. The van der Waals surface area contributed by atoms with Gasteiger partial charge in [-0.05, 0) is 25.1 Å². The van der Waals surface area contributed by atoms with Crippen LogP contribution < -0.4 is 4.74 Å². The van der Waals surface area contributed by atoms with E-state index in [9.17, 15) is 4.79 Å². The number of carbonyl (C=O) groups excluding carboxylic acids is 1. The summed E-state index contributed by atoms with van der Waals surface area (Å²) in [5.41, 5.74) is 0.435. The van der Waals surface area contributed by atoms with Crippen LogP contribution in [-0.4, -0.2) is 12.4 Å². The fourth-order valence-corrected chi connectivity index (χ4v) is 1.36. The number of hydrogen-bond acceptors (Lipinski definition) is 3. The summed E-state index contributed by atoms with van der Waals surface area (Å²) in [7, 11) is 0. The third-order valence-electron chi connectivity index (χ3n) is 1.79. The lowest BCUT2D eigenvalue weighted by molar-refractivity contribution is 0.0997. The Labute approximate surface area is 93.2 Å². The van der Waals surface area contributed by atoms with Crippen LogP contribution >= 0.6 is 11.6 Å². The number of benzene rings is 1. The summed E-state index contributed by atoms with van der Waals surface area (Å²) in [6.45, 7) is 2.37. The van der Waals surface area contributed by atoms with Crippen LogP contribution in [0, 0.1) is 11.3 Å². The Morgan fingerprint density at radius 2 is 2.33 bits per heavy atom. The van der Waals surface area contributed by atoms with Crippen LogP contribution in [0.1, 0.15) is 23.7 Å². The van der Waals surface area contributed by atoms with Gasteiger partial charge in [0.25, 0.3) is 0 Å². The molecule has 0 aliphatic heterocycles. The molecule has 4 heteroatoms. The largest absolute Gasteiger partial charge is 0.492 e. The number of rotatable bonds is 4. The fraction of sp³-hybridized carbons (Fsp3) is 0.273. The number of ether oxygens (including phenoxy) is 1. The van der Waals surface area contributed by atoms with Gasteiger partial charge in [-0.3, -0.25) is 4.79 Å². The van der Waals surface area contributed by atoms with Crippen LogP contribution in [0.5, 0.6) is 5.75 Å². The molecular weight excluding hydrogens is 214 g/mol. The molecule has 0 atom stereocenters. The van der Waals surface area contributed by atoms with E-state index < -0.39 is 0 Å². The molecule has 0 aromatic heterocycles. The van der Waals surface area contributed by atoms with Gasteiger partial charge in [0.05, 0.1) is 24.1 Å². The summed E-state index contributed by atoms with van der Waals surface area (Å²) in [4.78, 5) is 11.3. The summed E-state index contributed by atoms with van der Waals surface area (Å²) in [6, 6.07) is 6.56. The Morgan fingerprint density at radius 3 is 2.87 bits per heavy atom. The SMILES string of the molecule is CCOc1ccc(C(=O)CC#N)cc1Cl. The van der Waals surface area contributed by atoms with Crippen molar-refractivity contribution in [2.45, 2.75) is 13.3 Å². The number of halogens is 1. The Hall–Kier alpha value is -1.53. The van der Waals surface area contributed by atoms with Gasteiger partial charge in [0.15, 0.2) is 5.78 Å². The van der Waals surface area contributed by atoms with Crippen molar-refractivity contribution in [3.05, 3.63) is 28.8 Å². The first kappa shape index (κ1) is 11.5. The highest BCUT2D eigenvalue weighted by molar-refractivity contribution is 6.32. The van der Waals surface area contributed by atoms with E-state index >= 15 is 0 Å². The van der Waals surface area contributed by atoms with E-state index in [2.05, 4.69) is 0 Å². The molecule has 0 saturated heterocycles. The lowest BCUT2D eigenvalue weighted by atomic mass is 10.1. The van der Waals surface area contributed by atoms with Gasteiger partial charge in [-0.1, -0.05) is 11.6 Å². The van der Waals surface area contributed by atoms with Crippen LogP contribution in [0.15, 0.2) is 18.2 Å². The molecule has 0 aliphatic carbocycles. The molecule has 0 bridgehead atoms. The smallest absolute Gasteiger partial charge is 0.176 e. The summed E-state index contributed by atoms with van der Waals surface area (Å²) < 4.78 is 5.22. The zero-order valence-electron chi connectivity index (χ0n) is 8.29. The molecule has 1 rings (SSSR count). The number of ketones is 1. The summed E-state index contributed by atoms with van der Waals surface area (Å²) in [5, 5.41) is 8.77. The predicted octanol–water partition coefficient (Wildman–Crippen LogP) is 2.84. The summed E-state index contributed by atoms with van der Waals surface area (Å²) in [5.74, 6) is 0.315. The molecule has 1 aromatic carbocycles. The molecule has 0 unspecified atom stereocenters. The molecule has 78 valence electrons. The van der Waals surface area contributed by atoms with Crippen molar-refractivity contribution in [2.24, 2.45) is 0 Å². The van der Waals surface area contributed by atoms with E-state index in [0.717, 1.165) is 0 Å². The lowest BCUT2D eigenvalue weighted by Crippen LogP contribution is -1.98. The van der Waals surface area contributed by atoms with Crippen LogP contribution in [0.25, 0.3) is 0 Å². The molecule has 3 nitrogen and oxygen atoms in total. The number of nitrogens with zero attached hydrogens (tertiary/aromatic N) is 1. The van der Waals surface area contributed by atoms with E-state index in [1.165, 1.54) is 6.07 Å². The van der Waals surface area contributed by atoms with Gasteiger partial charge in [0.1, 0.15) is 5.75 Å². The molecule has 0 fully saturated rings. The minimum Gasteiger partial charge on any atom is -0.492 e. The highest BCUT2D eigenvalue weighted by Crippen LogP contribution is 2.25. The molecule has 0 heterocycles. The van der Waals surface area contributed by atoms with E-state index in [-0.39, 0.29) is 12.2 Å². The maximum Gasteiger partial charge on any atom is 0.176 e. The van der Waals surface area contributed by atoms with Crippen molar-refractivity contribution in [1.29, 1.82) is 5.26 Å². The highest BCUT2D eigenvalue weighted by atomic mass is 35.5. The predicted molar refractivity (Wildman–Crippen MR) is 57.2 cm³/mol. The van der Waals surface area contributed by atoms with Crippen molar-refractivity contribution in [3.8, 4) is 11.8 Å². The Bertz CT molecular complexity index is 410. The quantitative estimate of drug-likeness (QED) is 0.738. The Balaban J connectivity index is 2.92. The van der Waals surface area contributed by atoms with Crippen molar-refractivity contribution in [1.82, 2.24) is 0 Å². The minimum atomic E-state index is -0.234. The van der Waals surface area contributed by atoms with E-state index in [1.807, 2.05) is 6.92 Å². The standard InChI is InChI=1S/C11H10ClNO2/c1-2-15-11-4-3-8(7-9(11)12)10(14)5-6-13/h3-4,7H,2,5H2,1H3. The molecule has 0 N–H and O–H groups in total. The Morgan fingerprint density at radius 1 is 1.60 bits per heavy atom. The van der Waals surface area contributed by atoms with E-state index in [4.69, 9.17) is 21.6 Å². The van der Waals surface area contributed by atoms with Crippen LogP contribution in [0.4, 0.5) is 0 Å². The van der Waals surface area contributed by atoms with Gasteiger partial charge in [-0.15, -0.1) is 0 Å². The van der Waals surface area contributed by atoms with Crippen molar-refractivity contribution in [3.63, 3.8) is 0 Å². The van der Waals surface area contributed by atoms with Gasteiger partial charge in [0, 0.05) is 5.56 Å². The summed E-state index contributed by atoms with van der Waals surface area (Å²) >= 11 is 5.89. The van der Waals surface area contributed by atoms with Crippen molar-refractivity contribution in [2.75, 3.05) is 6.61 Å². The lowest BCUT2D eigenvalue weighted by Gasteiger charge is -2.06. The second-order valence-electron chi connectivity index (χ2n) is 2.84. The molecule has 0 radical (unpaired) electrons. The van der Waals surface area contributed by atoms with Crippen molar-refractivity contribution < 1.29 is 9.53 Å². The first-order valence-electron chi connectivity index (χ1n) is 4.51. The summed E-state index contributed by atoms with van der Waals surface area (Å²) in [6.07, 6.45) is -0.135. The topological polar surface area (TPSA) is 50.1 Å². The van der Waals surface area contributed by atoms with Gasteiger partial charge in [-0.2, -0.15) is 5.26 Å². The monoisotopic (exact) mass is 223 g/mol. The maximum absolute atomic E-state index is 11.3. The van der Waals surface area contributed by atoms with Crippen molar-refractivity contribution >= 4 is 17.4 Å². The molecule has 1 aromatic rings. The molecule has 0 saturated carbocycles. The van der Waals surface area contributed by atoms with Gasteiger partial charge < -0.3 is 4.74 Å². The van der Waals surface area contributed by atoms with E-state index in [1.54, 1.807) is 18.2 Å². The zero-order valence-corrected chi connectivity index (χ0v) is 9.04. The molecule has 0 spiro atoms. The van der Waals surface area contributed by atoms with E-state index in [0.29, 0.717) is 22.9 Å². The number of nitriles is 1. The molecular formula is C11H10ClNO2. The normalized spacial score (nSPS) is 9.40. The zero-order chi connectivity index (χ0) is 11.3. The van der Waals surface area contributed by atoms with Crippen LogP contribution in [0.3, 0.4) is 0 Å². The average Bonchev–Trinajstić information content (AvgIpc) is 2.21. The minimum absolute atomic E-state index is 0.135. The first-order valence-corrected chi connectivity index (χ1v) is 4.89. The van der Waals surface area contributed by atoms with Crippen LogP contribution in [-0.2, 0) is 0 Å². The third-order valence-corrected chi connectivity index (χ3v) is 2.09. The second-order valence-corrected chi connectivity index (χ2v) is 3.24. The number of carbonyl (C=O) groups is 1. The van der Waals surface area contributed by atoms with Gasteiger partial charge in [-0.25, -0.2) is 0 Å². The van der Waals surface area contributed by atoms with Gasteiger partial charge >= 0.3 is 0 Å². The first-order chi connectivity index (χ1) is 7.19. The number of hydrogen-bond donors (Lipinski definition) is 0. The molecule has 15 heavy (non-hydrogen) atoms. The number of Topliss-reactive ketones (excluding diaryl/α,β-unsaturated/α-hetero) is 1. The third kappa shape index (κ3) is 2.97. The maximum atomic E-state index is 11.3. The Kier molecular flexibility index (Phi) is 4.14. The highest BCUT2D eigenvalue weighted by Gasteiger charge is 2.08.